The zero-order valence-electron chi connectivity index (χ0n) is 16.5. The molecule has 0 saturated heterocycles. The van der Waals surface area contributed by atoms with Crippen molar-refractivity contribution in [1.29, 1.82) is 5.26 Å². The summed E-state index contributed by atoms with van der Waals surface area (Å²) >= 11 is 0.912. The van der Waals surface area contributed by atoms with Gasteiger partial charge in [-0.2, -0.15) is 5.26 Å². The highest BCUT2D eigenvalue weighted by atomic mass is 32.2. The lowest BCUT2D eigenvalue weighted by atomic mass is 10.2. The van der Waals surface area contributed by atoms with E-state index >= 15 is 0 Å². The van der Waals surface area contributed by atoms with Gasteiger partial charge in [0, 0.05) is 38.4 Å². The molecule has 3 rings (SSSR count). The monoisotopic (exact) mass is 412 g/mol. The Kier molecular flexibility index (Phi) is 5.89. The molecule has 0 bridgehead atoms. The fourth-order valence-corrected chi connectivity index (χ4v) is 3.71. The minimum Gasteiger partial charge on any atom is -0.411 e. The largest absolute Gasteiger partial charge is 0.411 e. The van der Waals surface area contributed by atoms with Crippen LogP contribution in [0, 0.1) is 11.3 Å². The minimum atomic E-state index is -0.662. The second-order valence-electron chi connectivity index (χ2n) is 6.19. The smallest absolute Gasteiger partial charge is 0.331 e. The van der Waals surface area contributed by atoms with E-state index < -0.39 is 11.2 Å². The van der Waals surface area contributed by atoms with Crippen LogP contribution in [0.4, 0.5) is 5.69 Å². The predicted octanol–water partition coefficient (Wildman–Crippen LogP) is 2.00. The van der Waals surface area contributed by atoms with Crippen molar-refractivity contribution in [3.63, 3.8) is 0 Å². The zero-order valence-corrected chi connectivity index (χ0v) is 17.4. The predicted molar refractivity (Wildman–Crippen MR) is 109 cm³/mol. The first-order chi connectivity index (χ1) is 13.9. The van der Waals surface area contributed by atoms with E-state index in [0.717, 1.165) is 40.7 Å². The quantitative estimate of drug-likeness (QED) is 0.566. The lowest BCUT2D eigenvalue weighted by Crippen LogP contribution is -2.39. The molecule has 9 nitrogen and oxygen atoms in total. The molecule has 0 aliphatic carbocycles. The summed E-state index contributed by atoms with van der Waals surface area (Å²) in [6, 6.07) is 9.61. The Labute approximate surface area is 171 Å². The van der Waals surface area contributed by atoms with Gasteiger partial charge in [0.05, 0.1) is 0 Å². The Hall–Kier alpha value is -3.32. The van der Waals surface area contributed by atoms with Gasteiger partial charge < -0.3 is 9.32 Å². The Balaban J connectivity index is 1.92. The molecule has 150 valence electrons. The molecule has 29 heavy (non-hydrogen) atoms. The molecule has 0 unspecified atom stereocenters. The summed E-state index contributed by atoms with van der Waals surface area (Å²) < 4.78 is 7.79. The van der Waals surface area contributed by atoms with Crippen LogP contribution in [-0.2, 0) is 14.1 Å². The van der Waals surface area contributed by atoms with E-state index in [9.17, 15) is 14.9 Å². The fraction of sp³-hybridized carbons (Fsp3) is 0.316. The molecule has 0 saturated carbocycles. The van der Waals surface area contributed by atoms with Crippen molar-refractivity contribution < 1.29 is 4.42 Å². The molecular weight excluding hydrogens is 392 g/mol. The third-order valence-electron chi connectivity index (χ3n) is 4.56. The van der Waals surface area contributed by atoms with E-state index in [0.29, 0.717) is 5.89 Å². The lowest BCUT2D eigenvalue weighted by molar-refractivity contribution is 0.464. The first-order valence-corrected chi connectivity index (χ1v) is 9.79. The van der Waals surface area contributed by atoms with Gasteiger partial charge in [-0.25, -0.2) is 4.79 Å². The normalized spacial score (nSPS) is 10.7. The van der Waals surface area contributed by atoms with Crippen LogP contribution in [0.2, 0.25) is 0 Å². The Morgan fingerprint density at radius 2 is 1.76 bits per heavy atom. The number of hydrogen-bond donors (Lipinski definition) is 0. The summed E-state index contributed by atoms with van der Waals surface area (Å²) in [6.07, 6.45) is 0. The highest BCUT2D eigenvalue weighted by molar-refractivity contribution is 7.99. The molecule has 1 aromatic carbocycles. The van der Waals surface area contributed by atoms with Crippen molar-refractivity contribution in [3.8, 4) is 17.5 Å². The maximum absolute atomic E-state index is 12.2. The summed E-state index contributed by atoms with van der Waals surface area (Å²) in [5.41, 5.74) is 0.497. The molecule has 0 aliphatic heterocycles. The van der Waals surface area contributed by atoms with E-state index in [4.69, 9.17) is 4.42 Å². The van der Waals surface area contributed by atoms with E-state index in [1.165, 1.54) is 18.7 Å². The van der Waals surface area contributed by atoms with Gasteiger partial charge in [-0.15, -0.1) is 10.2 Å². The summed E-state index contributed by atoms with van der Waals surface area (Å²) in [7, 11) is 2.81. The SMILES string of the molecule is CCN(CC)c1ccc(-c2nnc(Sc3c(C#N)c(=O)n(C)c(=O)n3C)o2)cc1. The number of rotatable bonds is 6. The van der Waals surface area contributed by atoms with E-state index in [1.807, 2.05) is 30.3 Å². The van der Waals surface area contributed by atoms with Crippen molar-refractivity contribution in [2.45, 2.75) is 24.1 Å². The molecule has 3 aromatic rings. The van der Waals surface area contributed by atoms with E-state index in [-0.39, 0.29) is 15.8 Å². The van der Waals surface area contributed by atoms with Crippen LogP contribution in [-0.4, -0.2) is 32.4 Å². The van der Waals surface area contributed by atoms with E-state index in [2.05, 4.69) is 28.9 Å². The van der Waals surface area contributed by atoms with Gasteiger partial charge in [0.15, 0.2) is 0 Å². The van der Waals surface area contributed by atoms with E-state index in [1.54, 1.807) is 0 Å². The van der Waals surface area contributed by atoms with Gasteiger partial charge in [-0.3, -0.25) is 13.9 Å². The molecule has 0 fully saturated rings. The number of aromatic nitrogens is 4. The van der Waals surface area contributed by atoms with Crippen LogP contribution in [0.25, 0.3) is 11.5 Å². The van der Waals surface area contributed by atoms with Crippen molar-refractivity contribution >= 4 is 17.4 Å². The number of benzene rings is 1. The molecule has 0 spiro atoms. The maximum Gasteiger partial charge on any atom is 0.331 e. The van der Waals surface area contributed by atoms with Crippen LogP contribution in [0.15, 0.2) is 48.5 Å². The minimum absolute atomic E-state index is 0.132. The number of anilines is 1. The van der Waals surface area contributed by atoms with Crippen molar-refractivity contribution in [3.05, 3.63) is 50.7 Å². The molecule has 2 heterocycles. The average Bonchev–Trinajstić information content (AvgIpc) is 3.21. The molecular formula is C19H20N6O3S. The van der Waals surface area contributed by atoms with Gasteiger partial charge >= 0.3 is 5.69 Å². The van der Waals surface area contributed by atoms with Crippen molar-refractivity contribution in [2.24, 2.45) is 14.1 Å². The summed E-state index contributed by atoms with van der Waals surface area (Å²) in [6.45, 7) is 6.01. The first kappa shape index (κ1) is 20.4. The Bertz CT molecular complexity index is 1180. The standard InChI is InChI=1S/C19H20N6O3S/c1-5-25(6-2)13-9-7-12(8-10-13)15-21-22-18(28-15)29-17-14(11-20)16(26)23(3)19(27)24(17)4/h7-10H,5-6H2,1-4H3. The molecule has 0 radical (unpaired) electrons. The topological polar surface area (TPSA) is 110 Å². The third-order valence-corrected chi connectivity index (χ3v) is 5.57. The van der Waals surface area contributed by atoms with Gasteiger partial charge in [-0.1, -0.05) is 0 Å². The Morgan fingerprint density at radius 1 is 1.10 bits per heavy atom. The van der Waals surface area contributed by atoms with Crippen LogP contribution in [0.3, 0.4) is 0 Å². The van der Waals surface area contributed by atoms with Gasteiger partial charge in [0.25, 0.3) is 10.8 Å². The van der Waals surface area contributed by atoms with Gasteiger partial charge in [0.2, 0.25) is 5.89 Å². The number of nitrogens with zero attached hydrogens (tertiary/aromatic N) is 6. The highest BCUT2D eigenvalue weighted by Crippen LogP contribution is 2.30. The fourth-order valence-electron chi connectivity index (χ4n) is 2.89. The summed E-state index contributed by atoms with van der Waals surface area (Å²) in [5, 5.41) is 17.7. The van der Waals surface area contributed by atoms with Gasteiger partial charge in [-0.05, 0) is 49.9 Å². The molecule has 0 amide bonds. The number of hydrogen-bond acceptors (Lipinski definition) is 8. The zero-order chi connectivity index (χ0) is 21.1. The third kappa shape index (κ3) is 3.82. The summed E-state index contributed by atoms with van der Waals surface area (Å²) in [4.78, 5) is 26.6. The highest BCUT2D eigenvalue weighted by Gasteiger charge is 2.19. The molecule has 2 aromatic heterocycles. The van der Waals surface area contributed by atoms with Crippen molar-refractivity contribution in [1.82, 2.24) is 19.3 Å². The average molecular weight is 412 g/mol. The van der Waals surface area contributed by atoms with Crippen LogP contribution in [0.1, 0.15) is 19.4 Å². The van der Waals surface area contributed by atoms with Crippen LogP contribution in [0.5, 0.6) is 0 Å². The maximum atomic E-state index is 12.2. The molecule has 0 atom stereocenters. The summed E-state index contributed by atoms with van der Waals surface area (Å²) in [5.74, 6) is 0.311. The second kappa shape index (κ2) is 8.36. The van der Waals surface area contributed by atoms with Crippen molar-refractivity contribution in [2.75, 3.05) is 18.0 Å². The van der Waals surface area contributed by atoms with Crippen LogP contribution < -0.4 is 16.1 Å². The number of nitriles is 1. The second-order valence-corrected chi connectivity index (χ2v) is 7.13. The molecule has 0 aliphatic rings. The van der Waals surface area contributed by atoms with Gasteiger partial charge in [0.1, 0.15) is 16.7 Å². The molecule has 10 heteroatoms. The first-order valence-electron chi connectivity index (χ1n) is 8.98. The molecule has 0 N–H and O–H groups in total. The lowest BCUT2D eigenvalue weighted by Gasteiger charge is -2.20. The Morgan fingerprint density at radius 3 is 2.34 bits per heavy atom. The van der Waals surface area contributed by atoms with Crippen LogP contribution >= 0.6 is 11.8 Å².